The number of hydrogen-bond donors (Lipinski definition) is 1. The van der Waals surface area contributed by atoms with Crippen molar-refractivity contribution >= 4 is 17.9 Å². The lowest BCUT2D eigenvalue weighted by atomic mass is 10.1. The van der Waals surface area contributed by atoms with Gasteiger partial charge in [-0.3, -0.25) is 9.59 Å². The molecule has 0 unspecified atom stereocenters. The van der Waals surface area contributed by atoms with Crippen molar-refractivity contribution in [2.24, 2.45) is 5.73 Å². The number of carbonyl (C=O) groups is 2. The van der Waals surface area contributed by atoms with E-state index in [-0.39, 0.29) is 17.9 Å². The topological polar surface area (TPSA) is 66.6 Å². The van der Waals surface area contributed by atoms with E-state index in [0.29, 0.717) is 26.1 Å². The van der Waals surface area contributed by atoms with E-state index in [9.17, 15) is 9.59 Å². The Morgan fingerprint density at radius 3 is 2.52 bits per heavy atom. The number of nitrogens with two attached hydrogens (primary N) is 1. The molecule has 1 aromatic carbocycles. The van der Waals surface area contributed by atoms with Crippen LogP contribution in [0, 0.1) is 0 Å². The summed E-state index contributed by atoms with van der Waals surface area (Å²) in [6, 6.07) is 9.03. The highest BCUT2D eigenvalue weighted by molar-refractivity contribution is 5.96. The summed E-state index contributed by atoms with van der Waals surface area (Å²) in [6.45, 7) is 5.59. The minimum atomic E-state index is -0.446. The zero-order valence-electron chi connectivity index (χ0n) is 13.8. The molecule has 1 aliphatic rings. The number of amides is 2. The average molecular weight is 315 g/mol. The highest BCUT2D eigenvalue weighted by Crippen LogP contribution is 2.20. The van der Waals surface area contributed by atoms with E-state index in [2.05, 4.69) is 0 Å². The molecule has 1 fully saturated rings. The second-order valence-corrected chi connectivity index (χ2v) is 5.76. The fraction of sp³-hybridized carbons (Fsp3) is 0.444. The van der Waals surface area contributed by atoms with Gasteiger partial charge in [-0.25, -0.2) is 0 Å². The summed E-state index contributed by atoms with van der Waals surface area (Å²) in [6.07, 6.45) is 3.82. The van der Waals surface area contributed by atoms with E-state index in [1.165, 1.54) is 6.08 Å². The minimum Gasteiger partial charge on any atom is -0.341 e. The minimum absolute atomic E-state index is 0.00980. The van der Waals surface area contributed by atoms with Gasteiger partial charge in [-0.05, 0) is 31.9 Å². The van der Waals surface area contributed by atoms with Gasteiger partial charge in [0, 0.05) is 31.8 Å². The number of hydrogen-bond acceptors (Lipinski definition) is 3. The number of carbonyl (C=O) groups excluding carboxylic acids is 2. The smallest absolute Gasteiger partial charge is 0.247 e. The third-order valence-corrected chi connectivity index (χ3v) is 4.19. The molecule has 1 aromatic rings. The molecule has 0 saturated carbocycles. The number of likely N-dealkylation sites (N-methyl/N-ethyl adjacent to an activating group) is 1. The lowest BCUT2D eigenvalue weighted by molar-refractivity contribution is -0.141. The van der Waals surface area contributed by atoms with E-state index >= 15 is 0 Å². The summed E-state index contributed by atoms with van der Waals surface area (Å²) in [5.41, 5.74) is 6.95. The Morgan fingerprint density at radius 1 is 1.26 bits per heavy atom. The molecule has 2 rings (SSSR count). The molecule has 0 aromatic heterocycles. The van der Waals surface area contributed by atoms with Crippen LogP contribution in [-0.4, -0.2) is 53.3 Å². The van der Waals surface area contributed by atoms with Gasteiger partial charge in [0.2, 0.25) is 11.8 Å². The van der Waals surface area contributed by atoms with Gasteiger partial charge in [-0.15, -0.1) is 0 Å². The summed E-state index contributed by atoms with van der Waals surface area (Å²) in [7, 11) is 0. The van der Waals surface area contributed by atoms with Crippen molar-refractivity contribution in [2.45, 2.75) is 32.4 Å². The first-order chi connectivity index (χ1) is 11.1. The van der Waals surface area contributed by atoms with Crippen LogP contribution in [0.2, 0.25) is 0 Å². The quantitative estimate of drug-likeness (QED) is 0.837. The Labute approximate surface area is 137 Å². The van der Waals surface area contributed by atoms with Crippen LogP contribution in [-0.2, 0) is 9.59 Å². The van der Waals surface area contributed by atoms with Crippen LogP contribution in [0.25, 0.3) is 6.08 Å². The first-order valence-electron chi connectivity index (χ1n) is 8.14. The van der Waals surface area contributed by atoms with Gasteiger partial charge in [0.1, 0.15) is 6.04 Å². The average Bonchev–Trinajstić information content (AvgIpc) is 2.96. The first-order valence-corrected chi connectivity index (χ1v) is 8.14. The molecule has 1 aliphatic heterocycles. The molecular weight excluding hydrogens is 290 g/mol. The lowest BCUT2D eigenvalue weighted by Gasteiger charge is -2.28. The van der Waals surface area contributed by atoms with Crippen molar-refractivity contribution in [2.75, 3.05) is 19.6 Å². The van der Waals surface area contributed by atoms with Crippen molar-refractivity contribution in [3.63, 3.8) is 0 Å². The van der Waals surface area contributed by atoms with Gasteiger partial charge in [0.15, 0.2) is 0 Å². The SMILES string of the molecule is CCN(CC)C(=O)[C@@H]1C[C@@H](N)CN1C(=O)C=Cc1ccccc1. The second-order valence-electron chi connectivity index (χ2n) is 5.76. The van der Waals surface area contributed by atoms with E-state index in [4.69, 9.17) is 5.73 Å². The van der Waals surface area contributed by atoms with Crippen LogP contribution < -0.4 is 5.73 Å². The van der Waals surface area contributed by atoms with Crippen molar-refractivity contribution in [3.8, 4) is 0 Å². The molecule has 0 bridgehead atoms. The van der Waals surface area contributed by atoms with Gasteiger partial charge >= 0.3 is 0 Å². The lowest BCUT2D eigenvalue weighted by Crippen LogP contribution is -2.47. The predicted molar refractivity (Wildman–Crippen MR) is 91.5 cm³/mol. The number of benzene rings is 1. The fourth-order valence-electron chi connectivity index (χ4n) is 2.92. The zero-order chi connectivity index (χ0) is 16.8. The van der Waals surface area contributed by atoms with E-state index in [1.807, 2.05) is 44.2 Å². The van der Waals surface area contributed by atoms with Gasteiger partial charge in [0.05, 0.1) is 0 Å². The van der Waals surface area contributed by atoms with E-state index in [0.717, 1.165) is 5.56 Å². The van der Waals surface area contributed by atoms with Gasteiger partial charge in [-0.1, -0.05) is 30.3 Å². The molecule has 23 heavy (non-hydrogen) atoms. The normalized spacial score (nSPS) is 20.9. The number of likely N-dealkylation sites (tertiary alicyclic amines) is 1. The Morgan fingerprint density at radius 2 is 1.91 bits per heavy atom. The fourth-order valence-corrected chi connectivity index (χ4v) is 2.92. The molecule has 2 amide bonds. The van der Waals surface area contributed by atoms with E-state index in [1.54, 1.807) is 15.9 Å². The van der Waals surface area contributed by atoms with Crippen molar-refractivity contribution in [1.29, 1.82) is 0 Å². The van der Waals surface area contributed by atoms with Gasteiger partial charge in [0.25, 0.3) is 0 Å². The Hall–Kier alpha value is -2.14. The van der Waals surface area contributed by atoms with Crippen molar-refractivity contribution in [3.05, 3.63) is 42.0 Å². The monoisotopic (exact) mass is 315 g/mol. The van der Waals surface area contributed by atoms with E-state index < -0.39 is 6.04 Å². The van der Waals surface area contributed by atoms with Gasteiger partial charge in [-0.2, -0.15) is 0 Å². The molecule has 2 atom stereocenters. The van der Waals surface area contributed by atoms with Crippen LogP contribution in [0.5, 0.6) is 0 Å². The zero-order valence-corrected chi connectivity index (χ0v) is 13.8. The maximum Gasteiger partial charge on any atom is 0.247 e. The maximum absolute atomic E-state index is 12.6. The molecule has 0 radical (unpaired) electrons. The molecular formula is C18H25N3O2. The molecule has 1 saturated heterocycles. The van der Waals surface area contributed by atoms with Crippen LogP contribution >= 0.6 is 0 Å². The summed E-state index contributed by atoms with van der Waals surface area (Å²) >= 11 is 0. The van der Waals surface area contributed by atoms with Crippen LogP contribution in [0.4, 0.5) is 0 Å². The molecule has 1 heterocycles. The number of nitrogens with zero attached hydrogens (tertiary/aromatic N) is 2. The summed E-state index contributed by atoms with van der Waals surface area (Å²) in [5, 5.41) is 0. The number of rotatable bonds is 5. The van der Waals surface area contributed by atoms with Crippen molar-refractivity contribution in [1.82, 2.24) is 9.80 Å². The highest BCUT2D eigenvalue weighted by Gasteiger charge is 2.38. The third-order valence-electron chi connectivity index (χ3n) is 4.19. The summed E-state index contributed by atoms with van der Waals surface area (Å²) in [5.74, 6) is -0.170. The molecule has 5 nitrogen and oxygen atoms in total. The Kier molecular flexibility index (Phi) is 5.93. The molecule has 2 N–H and O–H groups in total. The molecule has 0 spiro atoms. The van der Waals surface area contributed by atoms with Crippen LogP contribution in [0.1, 0.15) is 25.8 Å². The Balaban J connectivity index is 2.11. The van der Waals surface area contributed by atoms with Crippen LogP contribution in [0.3, 0.4) is 0 Å². The van der Waals surface area contributed by atoms with Gasteiger partial charge < -0.3 is 15.5 Å². The van der Waals surface area contributed by atoms with Crippen molar-refractivity contribution < 1.29 is 9.59 Å². The predicted octanol–water partition coefficient (Wildman–Crippen LogP) is 1.50. The molecule has 0 aliphatic carbocycles. The highest BCUT2D eigenvalue weighted by atomic mass is 16.2. The standard InChI is InChI=1S/C18H25N3O2/c1-3-20(4-2)18(23)16-12-15(19)13-21(16)17(22)11-10-14-8-6-5-7-9-14/h5-11,15-16H,3-4,12-13,19H2,1-2H3/t15-,16+/m1/s1. The largest absolute Gasteiger partial charge is 0.341 e. The molecule has 5 heteroatoms. The maximum atomic E-state index is 12.6. The summed E-state index contributed by atoms with van der Waals surface area (Å²) < 4.78 is 0. The summed E-state index contributed by atoms with van der Waals surface area (Å²) in [4.78, 5) is 28.4. The Bertz CT molecular complexity index is 567. The van der Waals surface area contributed by atoms with Crippen LogP contribution in [0.15, 0.2) is 36.4 Å². The first kappa shape index (κ1) is 17.2. The molecule has 124 valence electrons. The third kappa shape index (κ3) is 4.20. The second kappa shape index (κ2) is 7.92.